The predicted molar refractivity (Wildman–Crippen MR) is 156 cm³/mol. The zero-order valence-corrected chi connectivity index (χ0v) is 23.4. The zero-order valence-electron chi connectivity index (χ0n) is 23.4. The van der Waals surface area contributed by atoms with Gasteiger partial charge in [-0.1, -0.05) is 74.0 Å². The van der Waals surface area contributed by atoms with Gasteiger partial charge < -0.3 is 4.74 Å². The maximum Gasteiger partial charge on any atom is 0.439 e. The number of aromatic amines is 1. The second-order valence-corrected chi connectivity index (χ2v) is 10.2. The smallest absolute Gasteiger partial charge is 0.439 e. The minimum atomic E-state index is -0.606. The number of nitrogens with zero attached hydrogens (tertiary/aromatic N) is 3. The maximum absolute atomic E-state index is 14.0. The minimum absolute atomic E-state index is 0.0108. The summed E-state index contributed by atoms with van der Waals surface area (Å²) >= 11 is 0. The summed E-state index contributed by atoms with van der Waals surface area (Å²) in [7, 11) is 0. The van der Waals surface area contributed by atoms with Crippen molar-refractivity contribution in [2.24, 2.45) is 5.92 Å². The van der Waals surface area contributed by atoms with Crippen molar-refractivity contribution < 1.29 is 13.7 Å². The van der Waals surface area contributed by atoms with E-state index in [1.165, 1.54) is 0 Å². The molecule has 0 fully saturated rings. The van der Waals surface area contributed by atoms with Crippen molar-refractivity contribution in [3.05, 3.63) is 110 Å². The van der Waals surface area contributed by atoms with E-state index in [1.807, 2.05) is 74.5 Å². The van der Waals surface area contributed by atoms with Crippen molar-refractivity contribution in [2.45, 2.75) is 46.5 Å². The molecular weight excluding hydrogens is 523 g/mol. The molecule has 1 aliphatic rings. The molecule has 5 rings (SSSR count). The van der Waals surface area contributed by atoms with Gasteiger partial charge in [0.15, 0.2) is 5.82 Å². The number of allylic oxidation sites excluding steroid dienone is 4. The molecule has 1 atom stereocenters. The highest BCUT2D eigenvalue weighted by molar-refractivity contribution is 5.80. The normalized spacial score (nSPS) is 15.0. The molecule has 9 heteroatoms. The Morgan fingerprint density at radius 1 is 1.10 bits per heavy atom. The number of hydrogen-bond acceptors (Lipinski definition) is 6. The van der Waals surface area contributed by atoms with Crippen LogP contribution in [0.1, 0.15) is 49.3 Å². The topological polar surface area (TPSA) is 103 Å². The number of H-pyrrole nitrogens is 1. The van der Waals surface area contributed by atoms with E-state index in [9.17, 15) is 14.0 Å². The lowest BCUT2D eigenvalue weighted by molar-refractivity contribution is 0.174. The van der Waals surface area contributed by atoms with Crippen molar-refractivity contribution in [1.29, 1.82) is 0 Å². The van der Waals surface area contributed by atoms with Crippen molar-refractivity contribution in [1.82, 2.24) is 19.7 Å². The number of aromatic nitrogens is 4. The number of halogens is 1. The molecule has 0 amide bonds. The van der Waals surface area contributed by atoms with Crippen LogP contribution >= 0.6 is 0 Å². The van der Waals surface area contributed by atoms with Gasteiger partial charge in [0.25, 0.3) is 5.56 Å². The van der Waals surface area contributed by atoms with Gasteiger partial charge in [0.05, 0.1) is 11.5 Å². The molecule has 2 aromatic carbocycles. The van der Waals surface area contributed by atoms with E-state index >= 15 is 0 Å². The van der Waals surface area contributed by atoms with Crippen LogP contribution in [0.25, 0.3) is 28.2 Å². The largest absolute Gasteiger partial charge is 0.495 e. The lowest BCUT2D eigenvalue weighted by Crippen LogP contribution is -2.31. The lowest BCUT2D eigenvalue weighted by Gasteiger charge is -2.25. The first kappa shape index (κ1) is 28.0. The average molecular weight is 557 g/mol. The summed E-state index contributed by atoms with van der Waals surface area (Å²) in [6, 6.07) is 15.7. The van der Waals surface area contributed by atoms with Gasteiger partial charge in [-0.05, 0) is 42.2 Å². The summed E-state index contributed by atoms with van der Waals surface area (Å²) in [4.78, 5) is 33.0. The highest BCUT2D eigenvalue weighted by Crippen LogP contribution is 2.31. The second kappa shape index (κ2) is 12.3. The van der Waals surface area contributed by atoms with E-state index in [0.29, 0.717) is 36.5 Å². The third-order valence-corrected chi connectivity index (χ3v) is 7.26. The van der Waals surface area contributed by atoms with Crippen molar-refractivity contribution >= 4 is 5.70 Å². The minimum Gasteiger partial charge on any atom is -0.495 e. The first-order chi connectivity index (χ1) is 19.9. The number of alkyl halides is 1. The van der Waals surface area contributed by atoms with Crippen LogP contribution in [0, 0.1) is 12.8 Å². The molecule has 0 bridgehead atoms. The van der Waals surface area contributed by atoms with Crippen LogP contribution in [0.5, 0.6) is 0 Å². The fourth-order valence-electron chi connectivity index (χ4n) is 5.33. The zero-order chi connectivity index (χ0) is 28.9. The molecule has 0 saturated carbocycles. The predicted octanol–water partition coefficient (Wildman–Crippen LogP) is 5.86. The molecule has 2 heterocycles. The molecular formula is C32H33FN4O4. The molecule has 0 spiro atoms. The number of rotatable bonds is 10. The van der Waals surface area contributed by atoms with Crippen molar-refractivity contribution in [2.75, 3.05) is 13.3 Å². The number of nitrogens with one attached hydrogen (secondary N) is 1. The Morgan fingerprint density at radius 2 is 1.85 bits per heavy atom. The molecule has 1 unspecified atom stereocenters. The Bertz CT molecular complexity index is 1710. The van der Waals surface area contributed by atoms with Gasteiger partial charge in [-0.15, -0.1) is 0 Å². The number of hydrogen-bond donors (Lipinski definition) is 1. The van der Waals surface area contributed by atoms with Gasteiger partial charge in [-0.25, -0.2) is 14.2 Å². The maximum atomic E-state index is 14.0. The van der Waals surface area contributed by atoms with E-state index in [1.54, 1.807) is 4.57 Å². The Hall–Kier alpha value is -4.53. The van der Waals surface area contributed by atoms with Crippen LogP contribution in [-0.2, 0) is 17.6 Å². The van der Waals surface area contributed by atoms with Gasteiger partial charge in [0.2, 0.25) is 0 Å². The fraction of sp³-hybridized carbons (Fsp3) is 0.312. The lowest BCUT2D eigenvalue weighted by atomic mass is 9.95. The van der Waals surface area contributed by atoms with Crippen LogP contribution in [0.3, 0.4) is 0 Å². The third-order valence-electron chi connectivity index (χ3n) is 7.26. The van der Waals surface area contributed by atoms with Gasteiger partial charge in [-0.2, -0.15) is 0 Å². The number of ether oxygens (including phenoxy) is 1. The van der Waals surface area contributed by atoms with Crippen molar-refractivity contribution in [3.63, 3.8) is 0 Å². The van der Waals surface area contributed by atoms with Gasteiger partial charge in [-0.3, -0.25) is 18.9 Å². The summed E-state index contributed by atoms with van der Waals surface area (Å²) in [6.07, 6.45) is 6.33. The first-order valence-electron chi connectivity index (χ1n) is 13.9. The first-order valence-corrected chi connectivity index (χ1v) is 13.9. The quantitative estimate of drug-likeness (QED) is 0.263. The third kappa shape index (κ3) is 5.99. The Labute approximate surface area is 237 Å². The summed E-state index contributed by atoms with van der Waals surface area (Å²) in [5.41, 5.74) is 5.88. The number of aryl methyl sites for hydroxylation is 2. The molecule has 2 aromatic heterocycles. The highest BCUT2D eigenvalue weighted by Gasteiger charge is 2.23. The van der Waals surface area contributed by atoms with Crippen LogP contribution in [0.2, 0.25) is 0 Å². The molecule has 1 N–H and O–H groups in total. The van der Waals surface area contributed by atoms with Gasteiger partial charge >= 0.3 is 5.76 Å². The average Bonchev–Trinajstić information content (AvgIpc) is 3.41. The summed E-state index contributed by atoms with van der Waals surface area (Å²) < 4.78 is 24.5. The summed E-state index contributed by atoms with van der Waals surface area (Å²) in [5, 5.41) is 3.84. The molecule has 4 aromatic rings. The Morgan fingerprint density at radius 3 is 2.51 bits per heavy atom. The molecule has 1 aliphatic carbocycles. The van der Waals surface area contributed by atoms with Crippen molar-refractivity contribution in [3.8, 4) is 22.5 Å². The van der Waals surface area contributed by atoms with E-state index in [0.717, 1.165) is 45.8 Å². The van der Waals surface area contributed by atoms with Crippen LogP contribution < -0.4 is 11.3 Å². The Kier molecular flexibility index (Phi) is 8.42. The van der Waals surface area contributed by atoms with E-state index < -0.39 is 12.4 Å². The molecule has 0 radical (unpaired) electrons. The van der Waals surface area contributed by atoms with E-state index in [-0.39, 0.29) is 18.1 Å². The molecule has 0 saturated heterocycles. The summed E-state index contributed by atoms with van der Waals surface area (Å²) in [5.74, 6) is 1.14. The fourth-order valence-corrected chi connectivity index (χ4v) is 5.33. The van der Waals surface area contributed by atoms with E-state index in [4.69, 9.17) is 14.2 Å². The van der Waals surface area contributed by atoms with Crippen LogP contribution in [-0.4, -0.2) is 33.0 Å². The molecule has 0 aliphatic heterocycles. The second-order valence-electron chi connectivity index (χ2n) is 10.2. The number of benzene rings is 2. The van der Waals surface area contributed by atoms with Gasteiger partial charge in [0, 0.05) is 35.6 Å². The molecule has 8 nitrogen and oxygen atoms in total. The van der Waals surface area contributed by atoms with E-state index in [2.05, 4.69) is 17.1 Å². The monoisotopic (exact) mass is 556 g/mol. The van der Waals surface area contributed by atoms with Gasteiger partial charge in [0.1, 0.15) is 19.1 Å². The van der Waals surface area contributed by atoms with Crippen LogP contribution in [0.15, 0.2) is 80.6 Å². The summed E-state index contributed by atoms with van der Waals surface area (Å²) in [6.45, 7) is 5.47. The highest BCUT2D eigenvalue weighted by atomic mass is 19.1. The SMILES string of the molecule is CCCc1nc(C)n(C2=CC=C(OCCF)CC2C)c(=O)c1Cc1ccc(-c2ccccc2-c2noc(=O)[nH]2)cc1. The Balaban J connectivity index is 1.48. The molecule has 41 heavy (non-hydrogen) atoms. The molecule has 212 valence electrons. The van der Waals surface area contributed by atoms with Crippen LogP contribution in [0.4, 0.5) is 4.39 Å². The standard InChI is InChI=1S/C32H33FN4O4/c1-4-7-28-27(31(38)37(21(3)34-28)29-15-14-24(18-20(29)2)40-17-16-33)19-22-10-12-23(13-11-22)25-8-5-6-9-26(25)30-35-32(39)41-36-30/h5-6,8-15,20H,4,7,16-19H2,1-3H3,(H,35,36,39).